The zero-order valence-electron chi connectivity index (χ0n) is 11.9. The van der Waals surface area contributed by atoms with Crippen molar-refractivity contribution in [3.8, 4) is 0 Å². The largest absolute Gasteiger partial charge is 0.343 e. The van der Waals surface area contributed by atoms with Gasteiger partial charge in [0.1, 0.15) is 0 Å². The minimum atomic E-state index is 0.364. The molecule has 100 valence electrons. The van der Waals surface area contributed by atoms with Gasteiger partial charge in [-0.1, -0.05) is 13.8 Å². The van der Waals surface area contributed by atoms with Crippen LogP contribution in [0.2, 0.25) is 0 Å². The highest BCUT2D eigenvalue weighted by molar-refractivity contribution is 5.76. The monoisotopic (exact) mass is 240 g/mol. The summed E-state index contributed by atoms with van der Waals surface area (Å²) in [6.07, 6.45) is 4.20. The number of carbonyl (C=O) groups is 1. The van der Waals surface area contributed by atoms with Crippen LogP contribution in [0.5, 0.6) is 0 Å². The molecule has 1 heterocycles. The van der Waals surface area contributed by atoms with Gasteiger partial charge in [-0.2, -0.15) is 0 Å². The van der Waals surface area contributed by atoms with Crippen LogP contribution in [-0.4, -0.2) is 49.4 Å². The Kier molecular flexibility index (Phi) is 5.96. The van der Waals surface area contributed by atoms with Gasteiger partial charge in [-0.3, -0.25) is 4.79 Å². The van der Waals surface area contributed by atoms with Crippen molar-refractivity contribution in [3.05, 3.63) is 0 Å². The van der Waals surface area contributed by atoms with E-state index in [1.54, 1.807) is 0 Å². The second kappa shape index (κ2) is 7.00. The van der Waals surface area contributed by atoms with E-state index in [1.165, 1.54) is 12.8 Å². The molecule has 3 heteroatoms. The summed E-state index contributed by atoms with van der Waals surface area (Å²) in [5, 5.41) is 0. The fraction of sp³-hybridized carbons (Fsp3) is 0.929. The van der Waals surface area contributed by atoms with Gasteiger partial charge in [-0.15, -0.1) is 0 Å². The Labute approximate surface area is 106 Å². The van der Waals surface area contributed by atoms with E-state index in [2.05, 4.69) is 37.7 Å². The highest BCUT2D eigenvalue weighted by Crippen LogP contribution is 2.18. The lowest BCUT2D eigenvalue weighted by atomic mass is 9.97. The van der Waals surface area contributed by atoms with Crippen LogP contribution in [-0.2, 0) is 4.79 Å². The molecule has 0 aromatic carbocycles. The van der Waals surface area contributed by atoms with E-state index in [1.807, 2.05) is 0 Å². The lowest BCUT2D eigenvalue weighted by Gasteiger charge is -2.31. The summed E-state index contributed by atoms with van der Waals surface area (Å²) < 4.78 is 0. The van der Waals surface area contributed by atoms with Gasteiger partial charge in [0.15, 0.2) is 0 Å². The van der Waals surface area contributed by atoms with Crippen molar-refractivity contribution < 1.29 is 4.79 Å². The Hall–Kier alpha value is -0.570. The number of amides is 1. The first kappa shape index (κ1) is 14.5. The summed E-state index contributed by atoms with van der Waals surface area (Å²) in [4.78, 5) is 16.3. The number of rotatable bonds is 5. The van der Waals surface area contributed by atoms with E-state index in [9.17, 15) is 4.79 Å². The van der Waals surface area contributed by atoms with Crippen molar-refractivity contribution in [2.45, 2.75) is 39.5 Å². The lowest BCUT2D eigenvalue weighted by Crippen LogP contribution is -2.38. The van der Waals surface area contributed by atoms with E-state index in [0.717, 1.165) is 38.4 Å². The van der Waals surface area contributed by atoms with Crippen LogP contribution >= 0.6 is 0 Å². The zero-order chi connectivity index (χ0) is 12.8. The van der Waals surface area contributed by atoms with Crippen molar-refractivity contribution in [2.75, 3.05) is 33.7 Å². The molecule has 0 aromatic heterocycles. The maximum absolute atomic E-state index is 12.1. The number of piperidine rings is 1. The molecule has 1 atom stereocenters. The van der Waals surface area contributed by atoms with Crippen molar-refractivity contribution in [2.24, 2.45) is 11.8 Å². The van der Waals surface area contributed by atoms with Crippen molar-refractivity contribution in [1.82, 2.24) is 9.80 Å². The van der Waals surface area contributed by atoms with Crippen molar-refractivity contribution in [1.29, 1.82) is 0 Å². The number of hydrogen-bond acceptors (Lipinski definition) is 2. The van der Waals surface area contributed by atoms with Gasteiger partial charge >= 0.3 is 0 Å². The predicted octanol–water partition coefficient (Wildman–Crippen LogP) is 2.22. The molecule has 0 spiro atoms. The third-order valence-corrected chi connectivity index (χ3v) is 3.73. The predicted molar refractivity (Wildman–Crippen MR) is 71.9 cm³/mol. The smallest absolute Gasteiger partial charge is 0.222 e. The summed E-state index contributed by atoms with van der Waals surface area (Å²) in [5.74, 6) is 1.66. The maximum Gasteiger partial charge on any atom is 0.222 e. The molecular weight excluding hydrogens is 212 g/mol. The molecule has 0 bridgehead atoms. The number of nitrogens with zero attached hydrogens (tertiary/aromatic N) is 2. The lowest BCUT2D eigenvalue weighted by molar-refractivity contribution is -0.133. The normalized spacial score (nSPS) is 19.7. The van der Waals surface area contributed by atoms with Gasteiger partial charge in [0.25, 0.3) is 0 Å². The van der Waals surface area contributed by atoms with Crippen LogP contribution in [0.15, 0.2) is 0 Å². The van der Waals surface area contributed by atoms with Crippen LogP contribution in [0.1, 0.15) is 39.5 Å². The molecule has 0 aromatic rings. The molecule has 1 fully saturated rings. The summed E-state index contributed by atoms with van der Waals surface area (Å²) in [6.45, 7) is 7.49. The molecular formula is C14H28N2O. The number of carbonyl (C=O) groups excluding carboxylic acids is 1. The molecule has 1 unspecified atom stereocenters. The molecule has 1 amide bonds. The topological polar surface area (TPSA) is 23.6 Å². The second-order valence-corrected chi connectivity index (χ2v) is 5.96. The van der Waals surface area contributed by atoms with Gasteiger partial charge in [-0.05, 0) is 51.7 Å². The zero-order valence-corrected chi connectivity index (χ0v) is 11.9. The molecule has 0 radical (unpaired) electrons. The van der Waals surface area contributed by atoms with Crippen LogP contribution in [0, 0.1) is 11.8 Å². The van der Waals surface area contributed by atoms with Crippen LogP contribution < -0.4 is 0 Å². The Balaban J connectivity index is 2.23. The number of likely N-dealkylation sites (tertiary alicyclic amines) is 1. The molecule has 1 aliphatic heterocycles. The van der Waals surface area contributed by atoms with E-state index in [0.29, 0.717) is 11.8 Å². The first-order chi connectivity index (χ1) is 7.99. The summed E-state index contributed by atoms with van der Waals surface area (Å²) in [6, 6.07) is 0. The molecule has 17 heavy (non-hydrogen) atoms. The quantitative estimate of drug-likeness (QED) is 0.735. The Morgan fingerprint density at radius 1 is 1.35 bits per heavy atom. The Bertz CT molecular complexity index is 232. The molecule has 0 aliphatic carbocycles. The second-order valence-electron chi connectivity index (χ2n) is 5.96. The fourth-order valence-electron chi connectivity index (χ4n) is 2.27. The van der Waals surface area contributed by atoms with Gasteiger partial charge in [0.2, 0.25) is 5.91 Å². The molecule has 0 saturated carbocycles. The first-order valence-electron chi connectivity index (χ1n) is 6.91. The maximum atomic E-state index is 12.1. The highest BCUT2D eigenvalue weighted by Gasteiger charge is 2.21. The summed E-state index contributed by atoms with van der Waals surface area (Å²) in [5.41, 5.74) is 0. The van der Waals surface area contributed by atoms with E-state index in [-0.39, 0.29) is 0 Å². The van der Waals surface area contributed by atoms with Gasteiger partial charge < -0.3 is 9.80 Å². The fourth-order valence-corrected chi connectivity index (χ4v) is 2.27. The minimum Gasteiger partial charge on any atom is -0.343 e. The van der Waals surface area contributed by atoms with E-state index < -0.39 is 0 Å². The van der Waals surface area contributed by atoms with Gasteiger partial charge in [-0.25, -0.2) is 0 Å². The summed E-state index contributed by atoms with van der Waals surface area (Å²) in [7, 11) is 4.17. The Morgan fingerprint density at radius 2 is 1.94 bits per heavy atom. The molecule has 3 nitrogen and oxygen atoms in total. The third kappa shape index (κ3) is 5.53. The molecule has 1 rings (SSSR count). The van der Waals surface area contributed by atoms with Crippen LogP contribution in [0.3, 0.4) is 0 Å². The number of hydrogen-bond donors (Lipinski definition) is 0. The van der Waals surface area contributed by atoms with Crippen LogP contribution in [0.4, 0.5) is 0 Å². The van der Waals surface area contributed by atoms with Gasteiger partial charge in [0.05, 0.1) is 0 Å². The van der Waals surface area contributed by atoms with E-state index >= 15 is 0 Å². The van der Waals surface area contributed by atoms with Crippen molar-refractivity contribution >= 4 is 5.91 Å². The third-order valence-electron chi connectivity index (χ3n) is 3.73. The SMILES string of the molecule is CC1CCN(C(=O)CC(C)CCN(C)C)CC1. The Morgan fingerprint density at radius 3 is 2.47 bits per heavy atom. The van der Waals surface area contributed by atoms with Crippen molar-refractivity contribution in [3.63, 3.8) is 0 Å². The average Bonchev–Trinajstić information content (AvgIpc) is 2.27. The molecule has 1 saturated heterocycles. The standard InChI is InChI=1S/C14H28N2O/c1-12-6-9-16(10-7-12)14(17)11-13(2)5-8-15(3)4/h12-13H,5-11H2,1-4H3. The van der Waals surface area contributed by atoms with Crippen LogP contribution in [0.25, 0.3) is 0 Å². The molecule has 1 aliphatic rings. The molecule has 0 N–H and O–H groups in total. The van der Waals surface area contributed by atoms with Gasteiger partial charge in [0, 0.05) is 19.5 Å². The highest BCUT2D eigenvalue weighted by atomic mass is 16.2. The minimum absolute atomic E-state index is 0.364. The van der Waals surface area contributed by atoms with E-state index in [4.69, 9.17) is 0 Å². The first-order valence-corrected chi connectivity index (χ1v) is 6.91. The average molecular weight is 240 g/mol. The summed E-state index contributed by atoms with van der Waals surface area (Å²) >= 11 is 0.